The van der Waals surface area contributed by atoms with Crippen molar-refractivity contribution in [2.75, 3.05) is 13.2 Å². The summed E-state index contributed by atoms with van der Waals surface area (Å²) in [5.74, 6) is -0.285. The molecule has 9 nitrogen and oxygen atoms in total. The summed E-state index contributed by atoms with van der Waals surface area (Å²) in [6.07, 6.45) is 29.0. The molecule has 0 amide bonds. The molecule has 0 aromatic carbocycles. The Bertz CT molecular complexity index is 905. The number of carbonyl (C=O) groups is 2. The Morgan fingerprint density at radius 3 is 2.13 bits per heavy atom. The van der Waals surface area contributed by atoms with Gasteiger partial charge in [-0.1, -0.05) is 121 Å². The third kappa shape index (κ3) is 33.2. The van der Waals surface area contributed by atoms with Crippen LogP contribution in [0.5, 0.6) is 0 Å². The van der Waals surface area contributed by atoms with Gasteiger partial charge in [-0.2, -0.15) is 0 Å². The van der Waals surface area contributed by atoms with Gasteiger partial charge in [-0.05, 0) is 50.9 Å². The summed E-state index contributed by atoms with van der Waals surface area (Å²) < 4.78 is 26.1. The molecule has 0 heterocycles. The molecule has 0 aromatic rings. The summed E-state index contributed by atoms with van der Waals surface area (Å²) in [5.41, 5.74) is 0. The smallest absolute Gasteiger partial charge is 0.462 e. The zero-order valence-electron chi connectivity index (χ0n) is 28.0. The quantitative estimate of drug-likeness (QED) is 0.0238. The number of aliphatic hydroxyl groups is 1. The van der Waals surface area contributed by atoms with Crippen LogP contribution in [0.25, 0.3) is 0 Å². The molecular weight excluding hydrogens is 595 g/mol. The van der Waals surface area contributed by atoms with Gasteiger partial charge in [-0.3, -0.25) is 14.1 Å². The molecule has 0 bridgehead atoms. The molecule has 0 aliphatic heterocycles. The van der Waals surface area contributed by atoms with Crippen LogP contribution in [0, 0.1) is 5.92 Å². The summed E-state index contributed by atoms with van der Waals surface area (Å²) in [6, 6.07) is 0. The number of carbonyl (C=O) groups excluding carboxylic acids is 2. The van der Waals surface area contributed by atoms with Crippen LogP contribution in [-0.2, 0) is 28.2 Å². The molecule has 10 heteroatoms. The van der Waals surface area contributed by atoms with E-state index in [0.717, 1.165) is 38.0 Å². The van der Waals surface area contributed by atoms with E-state index in [2.05, 4.69) is 31.4 Å². The lowest BCUT2D eigenvalue weighted by Gasteiger charge is -2.18. The normalized spacial score (nSPS) is 13.9. The standard InChI is InChI=1S/C35H61O9P/c1-4-5-6-7-9-15-20-25-32(36)26-21-16-10-8-11-17-22-27-34(37)42-29-33(30-43-45(39,40)41)44-35(38)28-23-18-13-12-14-19-24-31(2)3/h8-9,11,15-16,20-21,25,31-33,36H,4-7,10,12-14,17-19,22-24,26-30H2,1-3H3,(H2,39,40,41)/b11-8+,15-9-,21-16-,25-20-/t32-,33-/m1/s1. The second-order valence-corrected chi connectivity index (χ2v) is 13.1. The molecule has 0 aliphatic carbocycles. The van der Waals surface area contributed by atoms with E-state index in [9.17, 15) is 19.3 Å². The van der Waals surface area contributed by atoms with Gasteiger partial charge in [0.2, 0.25) is 0 Å². The van der Waals surface area contributed by atoms with Gasteiger partial charge in [0.25, 0.3) is 0 Å². The van der Waals surface area contributed by atoms with Gasteiger partial charge in [0.1, 0.15) is 6.61 Å². The van der Waals surface area contributed by atoms with Crippen LogP contribution in [-0.4, -0.2) is 52.3 Å². The highest BCUT2D eigenvalue weighted by molar-refractivity contribution is 7.46. The zero-order chi connectivity index (χ0) is 33.6. The lowest BCUT2D eigenvalue weighted by Crippen LogP contribution is -2.29. The molecule has 0 unspecified atom stereocenters. The molecule has 0 rings (SSSR count). The van der Waals surface area contributed by atoms with Gasteiger partial charge in [0, 0.05) is 12.8 Å². The molecule has 0 fully saturated rings. The van der Waals surface area contributed by atoms with E-state index in [1.165, 1.54) is 38.5 Å². The third-order valence-corrected chi connectivity index (χ3v) is 7.34. The number of hydrogen-bond donors (Lipinski definition) is 3. The van der Waals surface area contributed by atoms with Crippen LogP contribution in [0.1, 0.15) is 130 Å². The monoisotopic (exact) mass is 656 g/mol. The molecule has 2 atom stereocenters. The third-order valence-electron chi connectivity index (χ3n) is 6.86. The predicted molar refractivity (Wildman–Crippen MR) is 180 cm³/mol. The van der Waals surface area contributed by atoms with Crippen molar-refractivity contribution in [3.05, 3.63) is 48.6 Å². The van der Waals surface area contributed by atoms with Crippen LogP contribution in [0.3, 0.4) is 0 Å². The van der Waals surface area contributed by atoms with E-state index in [-0.39, 0.29) is 19.4 Å². The number of rotatable bonds is 29. The summed E-state index contributed by atoms with van der Waals surface area (Å²) in [7, 11) is -4.77. The number of allylic oxidation sites excluding steroid dienone is 6. The lowest BCUT2D eigenvalue weighted by molar-refractivity contribution is -0.161. The Morgan fingerprint density at radius 2 is 1.42 bits per heavy atom. The molecule has 3 N–H and O–H groups in total. The molecule has 0 saturated carbocycles. The van der Waals surface area contributed by atoms with Crippen LogP contribution in [0.4, 0.5) is 0 Å². The Labute approximate surface area is 272 Å². The maximum absolute atomic E-state index is 12.3. The molecule has 0 radical (unpaired) electrons. The first-order valence-corrected chi connectivity index (χ1v) is 18.4. The fourth-order valence-electron chi connectivity index (χ4n) is 4.28. The minimum atomic E-state index is -4.77. The number of phosphoric ester groups is 1. The molecule has 0 aromatic heterocycles. The Hall–Kier alpha value is -2.03. The molecular formula is C35H61O9P. The van der Waals surface area contributed by atoms with Gasteiger partial charge in [0.05, 0.1) is 12.7 Å². The topological polar surface area (TPSA) is 140 Å². The lowest BCUT2D eigenvalue weighted by atomic mass is 10.0. The maximum Gasteiger partial charge on any atom is 0.469 e. The Morgan fingerprint density at radius 1 is 0.756 bits per heavy atom. The number of unbranched alkanes of at least 4 members (excludes halogenated alkanes) is 9. The number of esters is 2. The van der Waals surface area contributed by atoms with E-state index in [4.69, 9.17) is 19.3 Å². The van der Waals surface area contributed by atoms with E-state index in [0.29, 0.717) is 25.7 Å². The first-order chi connectivity index (χ1) is 21.5. The summed E-state index contributed by atoms with van der Waals surface area (Å²) in [4.78, 5) is 42.4. The summed E-state index contributed by atoms with van der Waals surface area (Å²) in [6.45, 7) is 5.71. The minimum Gasteiger partial charge on any atom is -0.462 e. The molecule has 0 saturated heterocycles. The zero-order valence-corrected chi connectivity index (χ0v) is 28.9. The van der Waals surface area contributed by atoms with Crippen molar-refractivity contribution in [1.82, 2.24) is 0 Å². The summed E-state index contributed by atoms with van der Waals surface area (Å²) >= 11 is 0. The second-order valence-electron chi connectivity index (χ2n) is 11.8. The minimum absolute atomic E-state index is 0.156. The van der Waals surface area contributed by atoms with Crippen LogP contribution in [0.15, 0.2) is 48.6 Å². The second kappa shape index (κ2) is 29.4. The highest BCUT2D eigenvalue weighted by Crippen LogP contribution is 2.35. The largest absolute Gasteiger partial charge is 0.469 e. The van der Waals surface area contributed by atoms with Crippen molar-refractivity contribution in [3.63, 3.8) is 0 Å². The van der Waals surface area contributed by atoms with Crippen molar-refractivity contribution in [2.45, 2.75) is 142 Å². The van der Waals surface area contributed by atoms with Crippen LogP contribution in [0.2, 0.25) is 0 Å². The van der Waals surface area contributed by atoms with E-state index < -0.39 is 38.6 Å². The van der Waals surface area contributed by atoms with Crippen molar-refractivity contribution >= 4 is 19.8 Å². The fraction of sp³-hybridized carbons (Fsp3) is 0.714. The summed E-state index contributed by atoms with van der Waals surface area (Å²) in [5, 5.41) is 9.99. The molecule has 260 valence electrons. The van der Waals surface area contributed by atoms with Gasteiger partial charge < -0.3 is 24.4 Å². The molecule has 0 aliphatic rings. The number of phosphoric acid groups is 1. The van der Waals surface area contributed by atoms with Crippen molar-refractivity contribution in [3.8, 4) is 0 Å². The van der Waals surface area contributed by atoms with Crippen molar-refractivity contribution < 1.29 is 43.0 Å². The average Bonchev–Trinajstić information content (AvgIpc) is 2.97. The van der Waals surface area contributed by atoms with E-state index >= 15 is 0 Å². The predicted octanol–water partition coefficient (Wildman–Crippen LogP) is 8.44. The number of hydrogen-bond acceptors (Lipinski definition) is 7. The van der Waals surface area contributed by atoms with Crippen molar-refractivity contribution in [1.29, 1.82) is 0 Å². The van der Waals surface area contributed by atoms with Crippen molar-refractivity contribution in [2.24, 2.45) is 5.92 Å². The average molecular weight is 657 g/mol. The molecule has 0 spiro atoms. The first kappa shape index (κ1) is 43.0. The van der Waals surface area contributed by atoms with Gasteiger partial charge in [-0.15, -0.1) is 0 Å². The molecule has 45 heavy (non-hydrogen) atoms. The Kier molecular flexibility index (Phi) is 28.1. The maximum atomic E-state index is 12.3. The Balaban J connectivity index is 4.19. The number of ether oxygens (including phenoxy) is 2. The van der Waals surface area contributed by atoms with Gasteiger partial charge in [0.15, 0.2) is 6.10 Å². The fourth-order valence-corrected chi connectivity index (χ4v) is 4.64. The van der Waals surface area contributed by atoms with Gasteiger partial charge in [-0.25, -0.2) is 4.57 Å². The highest BCUT2D eigenvalue weighted by Gasteiger charge is 2.22. The van der Waals surface area contributed by atoms with Gasteiger partial charge >= 0.3 is 19.8 Å². The van der Waals surface area contributed by atoms with Crippen LogP contribution < -0.4 is 0 Å². The van der Waals surface area contributed by atoms with E-state index in [1.807, 2.05) is 36.5 Å². The van der Waals surface area contributed by atoms with E-state index in [1.54, 1.807) is 6.08 Å². The van der Waals surface area contributed by atoms with Crippen LogP contribution >= 0.6 is 7.82 Å². The first-order valence-electron chi connectivity index (χ1n) is 16.9. The highest BCUT2D eigenvalue weighted by atomic mass is 31.2. The SMILES string of the molecule is CCCCC/C=C\C=C/[C@@H](O)C/C=C\C/C=C/CCCC(=O)OC[C@H](COP(=O)(O)O)OC(=O)CCCCCCCCC(C)C. The number of aliphatic hydroxyl groups excluding tert-OH is 1.